The van der Waals surface area contributed by atoms with Crippen LogP contribution in [0.5, 0.6) is 5.88 Å². The van der Waals surface area contributed by atoms with E-state index in [0.29, 0.717) is 6.07 Å². The molecule has 0 fully saturated rings. The first-order valence-electron chi connectivity index (χ1n) is 4.36. The first-order chi connectivity index (χ1) is 8.18. The maximum atomic E-state index is 12.6. The van der Waals surface area contributed by atoms with Gasteiger partial charge in [-0.05, 0) is 0 Å². The van der Waals surface area contributed by atoms with Crippen LogP contribution in [0, 0.1) is 0 Å². The van der Waals surface area contributed by atoms with Crippen LogP contribution in [0.3, 0.4) is 0 Å². The molecule has 1 rings (SSSR count). The Balaban J connectivity index is 3.67. The first kappa shape index (κ1) is 14.1. The minimum atomic E-state index is -5.25. The standard InChI is InChI=1S/C9H6F5NO3/c1-18-4-2-3(8(16)17)5(9(12,13)14)6(15-4)7(10)11/h2,7H,1H3,(H,16,17). The lowest BCUT2D eigenvalue weighted by molar-refractivity contribution is -0.140. The van der Waals surface area contributed by atoms with Crippen molar-refractivity contribution in [2.75, 3.05) is 7.11 Å². The molecule has 4 nitrogen and oxygen atoms in total. The number of aromatic carboxylic acids is 1. The molecule has 1 N–H and O–H groups in total. The van der Waals surface area contributed by atoms with Gasteiger partial charge in [-0.3, -0.25) is 0 Å². The first-order valence-corrected chi connectivity index (χ1v) is 4.36. The third-order valence-electron chi connectivity index (χ3n) is 1.95. The van der Waals surface area contributed by atoms with Crippen molar-refractivity contribution < 1.29 is 36.6 Å². The average Bonchev–Trinajstić information content (AvgIpc) is 2.25. The summed E-state index contributed by atoms with van der Waals surface area (Å²) in [6.07, 6.45) is -8.83. The second-order valence-electron chi connectivity index (χ2n) is 3.08. The Kier molecular flexibility index (Phi) is 3.73. The fourth-order valence-electron chi connectivity index (χ4n) is 1.27. The van der Waals surface area contributed by atoms with Crippen molar-refractivity contribution in [1.82, 2.24) is 4.98 Å². The van der Waals surface area contributed by atoms with Gasteiger partial charge in [0.2, 0.25) is 5.88 Å². The summed E-state index contributed by atoms with van der Waals surface area (Å²) in [5.74, 6) is -2.62. The number of carbonyl (C=O) groups is 1. The van der Waals surface area contributed by atoms with E-state index in [0.717, 1.165) is 7.11 Å². The molecule has 1 heterocycles. The molecule has 1 aromatic heterocycles. The Morgan fingerprint density at radius 1 is 1.44 bits per heavy atom. The van der Waals surface area contributed by atoms with Gasteiger partial charge in [0.15, 0.2) is 0 Å². The topological polar surface area (TPSA) is 59.4 Å². The highest BCUT2D eigenvalue weighted by molar-refractivity contribution is 5.90. The molecule has 18 heavy (non-hydrogen) atoms. The third kappa shape index (κ3) is 2.66. The summed E-state index contributed by atoms with van der Waals surface area (Å²) in [4.78, 5) is 13.6. The highest BCUT2D eigenvalue weighted by Crippen LogP contribution is 2.39. The van der Waals surface area contributed by atoms with Crippen molar-refractivity contribution in [2.24, 2.45) is 0 Å². The fourth-order valence-corrected chi connectivity index (χ4v) is 1.27. The molecular weight excluding hydrogens is 265 g/mol. The molecule has 100 valence electrons. The van der Waals surface area contributed by atoms with Crippen LogP contribution in [0.4, 0.5) is 22.0 Å². The summed E-state index contributed by atoms with van der Waals surface area (Å²) in [6, 6.07) is 0.442. The van der Waals surface area contributed by atoms with Crippen LogP contribution in [0.15, 0.2) is 6.07 Å². The zero-order valence-corrected chi connectivity index (χ0v) is 8.76. The minimum absolute atomic E-state index is 0.442. The highest BCUT2D eigenvalue weighted by atomic mass is 19.4. The van der Waals surface area contributed by atoms with E-state index in [1.165, 1.54) is 0 Å². The molecule has 0 aromatic carbocycles. The number of hydrogen-bond donors (Lipinski definition) is 1. The number of rotatable bonds is 3. The Morgan fingerprint density at radius 3 is 2.33 bits per heavy atom. The van der Waals surface area contributed by atoms with Crippen molar-refractivity contribution in [1.29, 1.82) is 0 Å². The Hall–Kier alpha value is -1.93. The average molecular weight is 271 g/mol. The van der Waals surface area contributed by atoms with Crippen molar-refractivity contribution in [3.05, 3.63) is 22.9 Å². The summed E-state index contributed by atoms with van der Waals surface area (Å²) < 4.78 is 67.2. The second kappa shape index (κ2) is 4.75. The number of halogens is 5. The Morgan fingerprint density at radius 2 is 2.00 bits per heavy atom. The number of alkyl halides is 5. The van der Waals surface area contributed by atoms with Gasteiger partial charge in [-0.15, -0.1) is 0 Å². The lowest BCUT2D eigenvalue weighted by atomic mass is 10.1. The number of aromatic nitrogens is 1. The smallest absolute Gasteiger partial charge is 0.419 e. The molecule has 0 aliphatic carbocycles. The molecule has 9 heteroatoms. The van der Waals surface area contributed by atoms with Crippen LogP contribution in [-0.2, 0) is 6.18 Å². The summed E-state index contributed by atoms with van der Waals surface area (Å²) in [5.41, 5.74) is -4.96. The van der Waals surface area contributed by atoms with E-state index >= 15 is 0 Å². The number of nitrogens with zero attached hydrogens (tertiary/aromatic N) is 1. The summed E-state index contributed by atoms with van der Waals surface area (Å²) in [7, 11) is 0.969. The highest BCUT2D eigenvalue weighted by Gasteiger charge is 2.41. The molecule has 0 atom stereocenters. The van der Waals surface area contributed by atoms with Gasteiger partial charge in [-0.25, -0.2) is 18.6 Å². The van der Waals surface area contributed by atoms with Crippen LogP contribution < -0.4 is 4.74 Å². The van der Waals surface area contributed by atoms with Gasteiger partial charge in [0.25, 0.3) is 6.43 Å². The number of carboxylic acid groups (broad SMARTS) is 1. The Labute approximate surface area is 97.0 Å². The fraction of sp³-hybridized carbons (Fsp3) is 0.333. The maximum absolute atomic E-state index is 12.6. The minimum Gasteiger partial charge on any atom is -0.481 e. The molecule has 1 aromatic rings. The molecule has 0 saturated heterocycles. The van der Waals surface area contributed by atoms with Crippen LogP contribution in [0.25, 0.3) is 0 Å². The number of ether oxygens (including phenoxy) is 1. The number of hydrogen-bond acceptors (Lipinski definition) is 3. The molecule has 0 radical (unpaired) electrons. The molecule has 0 spiro atoms. The van der Waals surface area contributed by atoms with Crippen molar-refractivity contribution in [3.63, 3.8) is 0 Å². The van der Waals surface area contributed by atoms with E-state index in [-0.39, 0.29) is 0 Å². The quantitative estimate of drug-likeness (QED) is 0.859. The monoisotopic (exact) mass is 271 g/mol. The zero-order valence-electron chi connectivity index (χ0n) is 8.76. The van der Waals surface area contributed by atoms with Gasteiger partial charge in [-0.1, -0.05) is 0 Å². The third-order valence-corrected chi connectivity index (χ3v) is 1.95. The molecule has 0 amide bonds. The lowest BCUT2D eigenvalue weighted by Crippen LogP contribution is -2.18. The van der Waals surface area contributed by atoms with Gasteiger partial charge in [0, 0.05) is 6.07 Å². The molecule has 0 saturated carbocycles. The summed E-state index contributed by atoms with van der Waals surface area (Å²) in [6.45, 7) is 0. The van der Waals surface area contributed by atoms with Gasteiger partial charge in [0.05, 0.1) is 18.2 Å². The van der Waals surface area contributed by atoms with Crippen molar-refractivity contribution in [2.45, 2.75) is 12.6 Å². The van der Waals surface area contributed by atoms with Gasteiger partial charge < -0.3 is 9.84 Å². The van der Waals surface area contributed by atoms with E-state index in [9.17, 15) is 26.7 Å². The number of methoxy groups -OCH3 is 1. The predicted molar refractivity (Wildman–Crippen MR) is 47.7 cm³/mol. The van der Waals surface area contributed by atoms with Crippen LogP contribution in [-0.4, -0.2) is 23.2 Å². The van der Waals surface area contributed by atoms with Crippen molar-refractivity contribution in [3.8, 4) is 5.88 Å². The SMILES string of the molecule is COc1cc(C(=O)O)c(C(F)(F)F)c(C(F)F)n1. The lowest BCUT2D eigenvalue weighted by Gasteiger charge is -2.15. The van der Waals surface area contributed by atoms with Gasteiger partial charge >= 0.3 is 12.1 Å². The van der Waals surface area contributed by atoms with Gasteiger partial charge in [-0.2, -0.15) is 13.2 Å². The summed E-state index contributed by atoms with van der Waals surface area (Å²) >= 11 is 0. The van der Waals surface area contributed by atoms with Gasteiger partial charge in [0.1, 0.15) is 5.69 Å². The molecular formula is C9H6F5NO3. The molecule has 0 bridgehead atoms. The zero-order chi connectivity index (χ0) is 14.1. The van der Waals surface area contributed by atoms with Crippen molar-refractivity contribution >= 4 is 5.97 Å². The van der Waals surface area contributed by atoms with E-state index in [4.69, 9.17) is 5.11 Å². The van der Waals surface area contributed by atoms with Crippen LogP contribution >= 0.6 is 0 Å². The molecule has 0 aliphatic heterocycles. The maximum Gasteiger partial charge on any atom is 0.419 e. The van der Waals surface area contributed by atoms with E-state index < -0.39 is 41.3 Å². The normalized spacial score (nSPS) is 11.7. The predicted octanol–water partition coefficient (Wildman–Crippen LogP) is 2.74. The summed E-state index contributed by atoms with van der Waals surface area (Å²) in [5, 5.41) is 8.63. The molecule has 0 unspecified atom stereocenters. The Bertz CT molecular complexity index is 472. The van der Waals surface area contributed by atoms with E-state index in [2.05, 4.69) is 9.72 Å². The van der Waals surface area contributed by atoms with Crippen LogP contribution in [0.1, 0.15) is 28.0 Å². The number of pyridine rings is 1. The second-order valence-corrected chi connectivity index (χ2v) is 3.08. The number of carboxylic acids is 1. The van der Waals surface area contributed by atoms with Crippen LogP contribution in [0.2, 0.25) is 0 Å². The molecule has 0 aliphatic rings. The van der Waals surface area contributed by atoms with E-state index in [1.807, 2.05) is 0 Å². The van der Waals surface area contributed by atoms with E-state index in [1.54, 1.807) is 0 Å². The largest absolute Gasteiger partial charge is 0.481 e.